The molecule has 6 heteroatoms. The summed E-state index contributed by atoms with van der Waals surface area (Å²) >= 11 is 1.64. The van der Waals surface area contributed by atoms with Gasteiger partial charge in [0.15, 0.2) is 0 Å². The van der Waals surface area contributed by atoms with Crippen LogP contribution in [0.3, 0.4) is 0 Å². The van der Waals surface area contributed by atoms with Gasteiger partial charge in [-0.15, -0.1) is 11.8 Å². The molecule has 0 saturated carbocycles. The fourth-order valence-corrected chi connectivity index (χ4v) is 2.33. The standard InChI is InChI=1S/C15H17BO4S/c1-21-15-5-3-2-4-14(15)20-11-10-19-13-8-6-12(7-9-13)16(17)18/h2-9,17-18H,10-11H2,1H3. The Hall–Kier alpha value is -1.63. The van der Waals surface area contributed by atoms with Gasteiger partial charge >= 0.3 is 7.12 Å². The fourth-order valence-electron chi connectivity index (χ4n) is 1.79. The van der Waals surface area contributed by atoms with Crippen molar-refractivity contribution in [2.75, 3.05) is 19.5 Å². The number of ether oxygens (including phenoxy) is 2. The number of para-hydroxylation sites is 1. The van der Waals surface area contributed by atoms with E-state index in [4.69, 9.17) is 19.5 Å². The van der Waals surface area contributed by atoms with E-state index in [0.717, 1.165) is 10.6 Å². The smallest absolute Gasteiger partial charge is 0.488 e. The van der Waals surface area contributed by atoms with Gasteiger partial charge in [-0.25, -0.2) is 0 Å². The van der Waals surface area contributed by atoms with E-state index in [1.165, 1.54) is 0 Å². The maximum absolute atomic E-state index is 9.00. The van der Waals surface area contributed by atoms with Crippen molar-refractivity contribution in [3.63, 3.8) is 0 Å². The third-order valence-corrected chi connectivity index (χ3v) is 3.63. The highest BCUT2D eigenvalue weighted by molar-refractivity contribution is 7.98. The van der Waals surface area contributed by atoms with Crippen LogP contribution < -0.4 is 14.9 Å². The molecule has 0 aromatic heterocycles. The number of benzene rings is 2. The van der Waals surface area contributed by atoms with Gasteiger partial charge in [0.1, 0.15) is 24.7 Å². The Morgan fingerprint density at radius 3 is 2.29 bits per heavy atom. The molecule has 2 rings (SSSR count). The van der Waals surface area contributed by atoms with Crippen LogP contribution in [0.5, 0.6) is 11.5 Å². The molecule has 0 radical (unpaired) electrons. The Morgan fingerprint density at radius 1 is 0.952 bits per heavy atom. The van der Waals surface area contributed by atoms with E-state index in [9.17, 15) is 0 Å². The first-order valence-electron chi connectivity index (χ1n) is 6.55. The zero-order chi connectivity index (χ0) is 15.1. The number of rotatable bonds is 7. The minimum Gasteiger partial charge on any atom is -0.490 e. The average Bonchev–Trinajstić information content (AvgIpc) is 2.52. The van der Waals surface area contributed by atoms with Crippen LogP contribution in [-0.4, -0.2) is 36.6 Å². The van der Waals surface area contributed by atoms with Gasteiger partial charge in [0, 0.05) is 4.90 Å². The largest absolute Gasteiger partial charge is 0.490 e. The zero-order valence-corrected chi connectivity index (χ0v) is 12.5. The highest BCUT2D eigenvalue weighted by Gasteiger charge is 2.09. The number of thioether (sulfide) groups is 1. The van der Waals surface area contributed by atoms with Crippen LogP contribution in [0.1, 0.15) is 0 Å². The molecule has 0 spiro atoms. The Kier molecular flexibility index (Phi) is 5.98. The van der Waals surface area contributed by atoms with E-state index in [0.29, 0.717) is 24.4 Å². The van der Waals surface area contributed by atoms with Gasteiger partial charge in [-0.2, -0.15) is 0 Å². The molecule has 0 bridgehead atoms. The van der Waals surface area contributed by atoms with E-state index < -0.39 is 7.12 Å². The summed E-state index contributed by atoms with van der Waals surface area (Å²) in [5.74, 6) is 1.52. The van der Waals surface area contributed by atoms with Crippen molar-refractivity contribution < 1.29 is 19.5 Å². The Bertz CT molecular complexity index is 560. The molecule has 0 heterocycles. The van der Waals surface area contributed by atoms with Crippen LogP contribution in [0.15, 0.2) is 53.4 Å². The third kappa shape index (κ3) is 4.70. The molecule has 0 amide bonds. The summed E-state index contributed by atoms with van der Waals surface area (Å²) in [5, 5.41) is 18.0. The van der Waals surface area contributed by atoms with Crippen LogP contribution in [0, 0.1) is 0 Å². The number of hydrogen-bond acceptors (Lipinski definition) is 5. The SMILES string of the molecule is CSc1ccccc1OCCOc1ccc(B(O)O)cc1. The van der Waals surface area contributed by atoms with Crippen LogP contribution in [0.4, 0.5) is 0 Å². The van der Waals surface area contributed by atoms with Crippen molar-refractivity contribution in [2.24, 2.45) is 0 Å². The molecular weight excluding hydrogens is 287 g/mol. The summed E-state index contributed by atoms with van der Waals surface area (Å²) in [7, 11) is -1.45. The van der Waals surface area contributed by atoms with Gasteiger partial charge in [0.05, 0.1) is 0 Å². The molecule has 4 nitrogen and oxygen atoms in total. The minimum atomic E-state index is -1.45. The molecule has 2 aromatic rings. The van der Waals surface area contributed by atoms with E-state index >= 15 is 0 Å². The molecule has 0 saturated heterocycles. The summed E-state index contributed by atoms with van der Waals surface area (Å²) in [6.07, 6.45) is 2.01. The Labute approximate surface area is 128 Å². The second kappa shape index (κ2) is 7.97. The van der Waals surface area contributed by atoms with Crippen molar-refractivity contribution >= 4 is 24.3 Å². The molecule has 0 atom stereocenters. The molecule has 0 aliphatic heterocycles. The lowest BCUT2D eigenvalue weighted by Crippen LogP contribution is -2.29. The van der Waals surface area contributed by atoms with Crippen molar-refractivity contribution in [1.29, 1.82) is 0 Å². The van der Waals surface area contributed by atoms with E-state index in [-0.39, 0.29) is 0 Å². The highest BCUT2D eigenvalue weighted by atomic mass is 32.2. The first-order chi connectivity index (χ1) is 10.2. The summed E-state index contributed by atoms with van der Waals surface area (Å²) in [6, 6.07) is 14.5. The lowest BCUT2D eigenvalue weighted by molar-refractivity contribution is 0.214. The van der Waals surface area contributed by atoms with Gasteiger partial charge in [-0.05, 0) is 36.0 Å². The summed E-state index contributed by atoms with van der Waals surface area (Å²) in [6.45, 7) is 0.867. The predicted molar refractivity (Wildman–Crippen MR) is 85.5 cm³/mol. The second-order valence-corrected chi connectivity index (χ2v) is 5.14. The van der Waals surface area contributed by atoms with Crippen LogP contribution in [0.25, 0.3) is 0 Å². The summed E-state index contributed by atoms with van der Waals surface area (Å²) < 4.78 is 11.2. The molecule has 0 aliphatic carbocycles. The Morgan fingerprint density at radius 2 is 1.62 bits per heavy atom. The normalized spacial score (nSPS) is 10.2. The number of hydrogen-bond donors (Lipinski definition) is 2. The van der Waals surface area contributed by atoms with E-state index in [1.807, 2.05) is 30.5 Å². The van der Waals surface area contributed by atoms with Gasteiger partial charge in [-0.1, -0.05) is 24.3 Å². The lowest BCUT2D eigenvalue weighted by atomic mass is 9.80. The first-order valence-corrected chi connectivity index (χ1v) is 7.78. The first kappa shape index (κ1) is 15.8. The fraction of sp³-hybridized carbons (Fsp3) is 0.200. The van der Waals surface area contributed by atoms with Gasteiger partial charge < -0.3 is 19.5 Å². The molecule has 0 fully saturated rings. The highest BCUT2D eigenvalue weighted by Crippen LogP contribution is 2.26. The van der Waals surface area contributed by atoms with Gasteiger partial charge in [0.25, 0.3) is 0 Å². The van der Waals surface area contributed by atoms with Crippen molar-refractivity contribution in [3.05, 3.63) is 48.5 Å². The third-order valence-electron chi connectivity index (χ3n) is 2.86. The van der Waals surface area contributed by atoms with Gasteiger partial charge in [-0.3, -0.25) is 0 Å². The minimum absolute atomic E-state index is 0.420. The van der Waals surface area contributed by atoms with Crippen molar-refractivity contribution in [3.8, 4) is 11.5 Å². The maximum atomic E-state index is 9.00. The summed E-state index contributed by atoms with van der Waals surface area (Å²) in [5.41, 5.74) is 0.437. The molecule has 2 N–H and O–H groups in total. The molecule has 110 valence electrons. The average molecular weight is 304 g/mol. The van der Waals surface area contributed by atoms with Crippen LogP contribution in [0.2, 0.25) is 0 Å². The Balaban J connectivity index is 1.79. The molecular formula is C15H17BO4S. The molecule has 21 heavy (non-hydrogen) atoms. The maximum Gasteiger partial charge on any atom is 0.488 e. The quantitative estimate of drug-likeness (QED) is 0.462. The van der Waals surface area contributed by atoms with Crippen molar-refractivity contribution in [2.45, 2.75) is 4.90 Å². The second-order valence-electron chi connectivity index (χ2n) is 4.29. The van der Waals surface area contributed by atoms with Crippen molar-refractivity contribution in [1.82, 2.24) is 0 Å². The monoisotopic (exact) mass is 304 g/mol. The molecule has 0 aliphatic rings. The van der Waals surface area contributed by atoms with E-state index in [1.54, 1.807) is 36.0 Å². The zero-order valence-electron chi connectivity index (χ0n) is 11.7. The van der Waals surface area contributed by atoms with Gasteiger partial charge in [0.2, 0.25) is 0 Å². The lowest BCUT2D eigenvalue weighted by Gasteiger charge is -2.11. The molecule has 2 aromatic carbocycles. The topological polar surface area (TPSA) is 58.9 Å². The summed E-state index contributed by atoms with van der Waals surface area (Å²) in [4.78, 5) is 1.10. The van der Waals surface area contributed by atoms with Crippen LogP contribution >= 0.6 is 11.8 Å². The van der Waals surface area contributed by atoms with Crippen LogP contribution in [-0.2, 0) is 0 Å². The predicted octanol–water partition coefficient (Wildman–Crippen LogP) is 1.55. The van der Waals surface area contributed by atoms with E-state index in [2.05, 4.69) is 0 Å². The molecule has 0 unspecified atom stereocenters.